The van der Waals surface area contributed by atoms with Gasteiger partial charge in [-0.15, -0.1) is 23.5 Å². The quantitative estimate of drug-likeness (QED) is 0.163. The van der Waals surface area contributed by atoms with Gasteiger partial charge in [-0.3, -0.25) is 15.0 Å². The van der Waals surface area contributed by atoms with E-state index in [0.717, 1.165) is 100 Å². The Balaban J connectivity index is -0.0000000976. The highest BCUT2D eigenvalue weighted by atomic mass is 32.2. The Morgan fingerprint density at radius 2 is 0.844 bits per heavy atom. The SMILES string of the molecule is C.C.C.C.C.C.C.C.C.C.CC1=C(C)OCCO1.CC1=C(C)SCCS1.CC1=NOCCC1C.CC1COCOC1C.CC1OCCOC1C.CC1SCCSC1C.Cc1cccnc1C.Cc1cncnc1C.Cc1cncnc1C.Cc1nccnc1C. The number of aryl methyl sites for hydroxylation is 8. The average molecular weight is 1350 g/mol. The molecule has 0 N–H and O–H groups in total. The summed E-state index contributed by atoms with van der Waals surface area (Å²) in [5, 5.41) is 5.59. The molecule has 4 aromatic rings. The van der Waals surface area contributed by atoms with Gasteiger partial charge in [0.05, 0.1) is 55.2 Å². The van der Waals surface area contributed by atoms with Crippen molar-refractivity contribution in [1.82, 2.24) is 34.9 Å². The second-order valence-electron chi connectivity index (χ2n) is 19.7. The zero-order valence-corrected chi connectivity index (χ0v) is 55.6. The molecule has 15 nitrogen and oxygen atoms in total. The van der Waals surface area contributed by atoms with Gasteiger partial charge in [-0.25, -0.2) is 19.9 Å². The van der Waals surface area contributed by atoms with Crippen LogP contribution in [0.25, 0.3) is 0 Å². The maximum absolute atomic E-state index is 5.27. The van der Waals surface area contributed by atoms with Crippen LogP contribution in [-0.4, -0.2) is 139 Å². The van der Waals surface area contributed by atoms with E-state index in [-0.39, 0.29) is 86.5 Å². The van der Waals surface area contributed by atoms with Gasteiger partial charge in [0.15, 0.2) is 0 Å². The van der Waals surface area contributed by atoms with E-state index in [1.54, 1.807) is 25.0 Å². The number of nitrogens with zero attached hydrogens (tertiary/aromatic N) is 8. The summed E-state index contributed by atoms with van der Waals surface area (Å²) in [7, 11) is 0. The minimum Gasteiger partial charge on any atom is -0.491 e. The fourth-order valence-corrected chi connectivity index (χ4v) is 10.6. The van der Waals surface area contributed by atoms with Crippen molar-refractivity contribution in [3.8, 4) is 0 Å². The largest absolute Gasteiger partial charge is 0.491 e. The predicted octanol–water partition coefficient (Wildman–Crippen LogP) is 20.8. The van der Waals surface area contributed by atoms with Gasteiger partial charge in [-0.05, 0) is 150 Å². The molecule has 0 radical (unpaired) electrons. The maximum Gasteiger partial charge on any atom is 0.147 e. The smallest absolute Gasteiger partial charge is 0.147 e. The molecule has 90 heavy (non-hydrogen) atoms. The van der Waals surface area contributed by atoms with Crippen LogP contribution >= 0.6 is 47.0 Å². The van der Waals surface area contributed by atoms with E-state index in [1.165, 1.54) is 38.4 Å². The van der Waals surface area contributed by atoms with Crippen molar-refractivity contribution in [2.45, 2.75) is 248 Å². The number of aromatic nitrogens is 7. The Labute approximate surface area is 574 Å². The van der Waals surface area contributed by atoms with Gasteiger partial charge in [-0.2, -0.15) is 23.5 Å². The number of allylic oxidation sites excluding steroid dienone is 4. The third kappa shape index (κ3) is 51.7. The van der Waals surface area contributed by atoms with Crippen LogP contribution in [0.4, 0.5) is 0 Å². The molecule has 10 heterocycles. The first-order valence-corrected chi connectivity index (χ1v) is 31.9. The summed E-state index contributed by atoms with van der Waals surface area (Å²) in [6.07, 6.45) is 14.0. The number of ether oxygens (including phenoxy) is 6. The van der Waals surface area contributed by atoms with Crippen molar-refractivity contribution in [2.24, 2.45) is 17.0 Å². The predicted molar refractivity (Wildman–Crippen MR) is 407 cm³/mol. The average Bonchev–Trinajstić information content (AvgIpc) is 3.45. The van der Waals surface area contributed by atoms with Crippen LogP contribution in [0.15, 0.2) is 82.3 Å². The molecule has 4 aromatic heterocycles. The minimum absolute atomic E-state index is 0. The van der Waals surface area contributed by atoms with Crippen LogP contribution in [-0.2, 0) is 33.3 Å². The monoisotopic (exact) mass is 1340 g/mol. The third-order valence-corrected chi connectivity index (χ3v) is 19.2. The molecule has 7 unspecified atom stereocenters. The fraction of sp³-hybridized carbons (Fsp3) is 0.690. The zero-order chi connectivity index (χ0) is 59.8. The first-order chi connectivity index (χ1) is 38.0. The molecule has 7 atom stereocenters. The summed E-state index contributed by atoms with van der Waals surface area (Å²) in [4.78, 5) is 35.6. The summed E-state index contributed by atoms with van der Waals surface area (Å²) >= 11 is 8.18. The Bertz CT molecular complexity index is 1980. The Morgan fingerprint density at radius 3 is 1.09 bits per heavy atom. The first-order valence-electron chi connectivity index (χ1n) is 27.8. The number of thioether (sulfide) groups is 4. The normalized spacial score (nSPS) is 20.1. The van der Waals surface area contributed by atoms with Gasteiger partial charge in [0.2, 0.25) is 0 Å². The second kappa shape index (κ2) is 65.3. The first kappa shape index (κ1) is 108. The number of pyridine rings is 1. The molecule has 3 saturated heterocycles. The lowest BCUT2D eigenvalue weighted by atomic mass is 10.0. The van der Waals surface area contributed by atoms with Crippen LogP contribution in [0.3, 0.4) is 0 Å². The van der Waals surface area contributed by atoms with Crippen LogP contribution in [0.2, 0.25) is 0 Å². The van der Waals surface area contributed by atoms with Crippen LogP contribution in [0.5, 0.6) is 0 Å². The van der Waals surface area contributed by atoms with Crippen molar-refractivity contribution < 1.29 is 33.3 Å². The van der Waals surface area contributed by atoms with E-state index in [1.807, 2.05) is 131 Å². The standard InChI is InChI=1S/C7H9N.3C6H8N2.C6H11NO.2C6H12O2.C6H10O2.C6H12S2.C6H10S2.10CH4/c1-6-4-3-5-8-7(6)2;2*1-5-3-7-4-8-6(5)2;1-5-6(2)8-4-3-7-5;1-5-3-4-8-7-6(5)2;1-5-3-7-4-8-6(5)2;4*1-5-6(2)8-4-3-7-5;;;;;;;;;;/h3-5H,1-2H3;3*3-4H,1-2H3;5H,3-4H2,1-2H3;2*5-6H,3-4H2,1-2H3;3-4H2,1-2H3;5-6H,3-4H2,1-2H3;3-4H2,1-2H3;10*1H4. The molecular weight excluding hydrogens is 1210 g/mol. The molecule has 10 rings (SSSR count). The van der Waals surface area contributed by atoms with Crippen molar-refractivity contribution >= 4 is 52.8 Å². The van der Waals surface area contributed by atoms with E-state index in [4.69, 9.17) is 33.3 Å². The molecule has 0 spiro atoms. The molecular formula is C71H140N8O7S4. The van der Waals surface area contributed by atoms with Gasteiger partial charge >= 0.3 is 0 Å². The summed E-state index contributed by atoms with van der Waals surface area (Å²) in [6, 6.07) is 4.00. The van der Waals surface area contributed by atoms with Crippen LogP contribution in [0, 0.1) is 67.2 Å². The lowest BCUT2D eigenvalue weighted by molar-refractivity contribution is -0.159. The number of hydrogen-bond acceptors (Lipinski definition) is 19. The summed E-state index contributed by atoms with van der Waals surface area (Å²) < 4.78 is 31.0. The topological polar surface area (TPSA) is 167 Å². The third-order valence-electron chi connectivity index (χ3n) is 13.3. The molecule has 530 valence electrons. The maximum atomic E-state index is 5.27. The Hall–Kier alpha value is -3.82. The zero-order valence-electron chi connectivity index (χ0n) is 52.3. The Kier molecular flexibility index (Phi) is 78.1. The second-order valence-corrected chi connectivity index (χ2v) is 25.3. The molecule has 0 bridgehead atoms. The lowest BCUT2D eigenvalue weighted by Crippen LogP contribution is -2.33. The van der Waals surface area contributed by atoms with Crippen molar-refractivity contribution in [1.29, 1.82) is 0 Å². The van der Waals surface area contributed by atoms with Gasteiger partial charge in [0.25, 0.3) is 0 Å². The van der Waals surface area contributed by atoms with Gasteiger partial charge < -0.3 is 33.3 Å². The molecule has 6 aliphatic heterocycles. The fourth-order valence-electron chi connectivity index (χ4n) is 5.99. The summed E-state index contributed by atoms with van der Waals surface area (Å²) in [6.45, 7) is 46.2. The molecule has 0 saturated carbocycles. The van der Waals surface area contributed by atoms with E-state index < -0.39 is 0 Å². The lowest BCUT2D eigenvalue weighted by Gasteiger charge is -2.25. The van der Waals surface area contributed by atoms with E-state index >= 15 is 0 Å². The van der Waals surface area contributed by atoms with Gasteiger partial charge in [0, 0.05) is 93.4 Å². The van der Waals surface area contributed by atoms with Crippen LogP contribution < -0.4 is 0 Å². The highest BCUT2D eigenvalue weighted by molar-refractivity contribution is 8.10. The number of oxime groups is 1. The van der Waals surface area contributed by atoms with Gasteiger partial charge in [0.1, 0.15) is 50.8 Å². The van der Waals surface area contributed by atoms with E-state index in [2.05, 4.69) is 125 Å². The number of hydrogen-bond donors (Lipinski definition) is 0. The highest BCUT2D eigenvalue weighted by Gasteiger charge is 2.18. The minimum atomic E-state index is 0. The van der Waals surface area contributed by atoms with Crippen molar-refractivity contribution in [3.05, 3.63) is 122 Å². The van der Waals surface area contributed by atoms with Crippen molar-refractivity contribution in [3.63, 3.8) is 0 Å². The van der Waals surface area contributed by atoms with Gasteiger partial charge in [-0.1, -0.05) is 113 Å². The molecule has 0 amide bonds. The molecule has 19 heteroatoms. The highest BCUT2D eigenvalue weighted by Crippen LogP contribution is 2.32. The Morgan fingerprint density at radius 1 is 0.433 bits per heavy atom. The molecule has 0 aromatic carbocycles. The molecule has 3 fully saturated rings. The van der Waals surface area contributed by atoms with E-state index in [9.17, 15) is 0 Å². The molecule has 6 aliphatic rings. The van der Waals surface area contributed by atoms with Crippen molar-refractivity contribution in [2.75, 3.05) is 69.4 Å². The van der Waals surface area contributed by atoms with Crippen LogP contribution in [0.1, 0.15) is 209 Å². The summed E-state index contributed by atoms with van der Waals surface area (Å²) in [5.41, 5.74) is 9.91. The number of rotatable bonds is 0. The van der Waals surface area contributed by atoms with E-state index in [0.29, 0.717) is 37.9 Å². The summed E-state index contributed by atoms with van der Waals surface area (Å²) in [5.74, 6) is 8.33. The molecule has 0 aliphatic carbocycles.